The van der Waals surface area contributed by atoms with E-state index in [1.54, 1.807) is 37.6 Å². The van der Waals surface area contributed by atoms with Gasteiger partial charge in [0.05, 0.1) is 17.5 Å². The zero-order valence-electron chi connectivity index (χ0n) is 22.7. The second-order valence-corrected chi connectivity index (χ2v) is 11.1. The molecule has 4 aromatic heterocycles. The molecule has 6 rings (SSSR count). The summed E-state index contributed by atoms with van der Waals surface area (Å²) in [5, 5.41) is 4.22. The van der Waals surface area contributed by atoms with Gasteiger partial charge in [0.2, 0.25) is 11.6 Å². The Morgan fingerprint density at radius 2 is 1.98 bits per heavy atom. The first kappa shape index (κ1) is 27.2. The van der Waals surface area contributed by atoms with Crippen molar-refractivity contribution in [3.63, 3.8) is 0 Å². The molecule has 1 aliphatic rings. The SMILES string of the molecule is COCC(c1ccccc1F)c1nc2nc(-c3noc(=O)[nH]3)nc(-c3cncc(Cl)c3)c2n1C[C@H]1CC[C@H](C)CC1. The third-order valence-corrected chi connectivity index (χ3v) is 7.97. The normalized spacial score (nSPS) is 18.1. The van der Waals surface area contributed by atoms with Crippen molar-refractivity contribution in [2.75, 3.05) is 13.7 Å². The molecule has 5 aromatic rings. The number of hydrogen-bond acceptors (Lipinski definition) is 8. The number of nitrogens with zero attached hydrogens (tertiary/aromatic N) is 6. The van der Waals surface area contributed by atoms with Gasteiger partial charge in [-0.05, 0) is 36.8 Å². The van der Waals surface area contributed by atoms with E-state index in [1.807, 2.05) is 0 Å². The lowest BCUT2D eigenvalue weighted by Crippen LogP contribution is -2.22. The van der Waals surface area contributed by atoms with Crippen LogP contribution >= 0.6 is 11.6 Å². The predicted molar refractivity (Wildman–Crippen MR) is 151 cm³/mol. The van der Waals surface area contributed by atoms with Gasteiger partial charge in [-0.2, -0.15) is 0 Å². The van der Waals surface area contributed by atoms with E-state index < -0.39 is 11.7 Å². The average molecular weight is 578 g/mol. The summed E-state index contributed by atoms with van der Waals surface area (Å²) in [6.45, 7) is 3.14. The smallest absolute Gasteiger partial charge is 0.384 e. The Morgan fingerprint density at radius 1 is 1.17 bits per heavy atom. The van der Waals surface area contributed by atoms with Gasteiger partial charge in [0.15, 0.2) is 5.65 Å². The second kappa shape index (κ2) is 11.5. The largest absolute Gasteiger partial charge is 0.439 e. The lowest BCUT2D eigenvalue weighted by molar-refractivity contribution is 0.183. The van der Waals surface area contributed by atoms with E-state index in [0.29, 0.717) is 57.2 Å². The highest BCUT2D eigenvalue weighted by Gasteiger charge is 2.30. The summed E-state index contributed by atoms with van der Waals surface area (Å²) in [7, 11) is 1.59. The zero-order valence-corrected chi connectivity index (χ0v) is 23.4. The molecule has 0 aliphatic heterocycles. The van der Waals surface area contributed by atoms with Gasteiger partial charge in [-0.25, -0.2) is 24.1 Å². The summed E-state index contributed by atoms with van der Waals surface area (Å²) in [5.74, 6) is 0.290. The van der Waals surface area contributed by atoms with Gasteiger partial charge in [-0.3, -0.25) is 14.5 Å². The summed E-state index contributed by atoms with van der Waals surface area (Å²) < 4.78 is 27.6. The lowest BCUT2D eigenvalue weighted by Gasteiger charge is -2.28. The van der Waals surface area contributed by atoms with Crippen LogP contribution in [-0.2, 0) is 11.3 Å². The van der Waals surface area contributed by atoms with Crippen LogP contribution in [-0.4, -0.2) is 48.4 Å². The van der Waals surface area contributed by atoms with Crippen molar-refractivity contribution in [3.8, 4) is 22.9 Å². The number of nitrogens with one attached hydrogen (secondary N) is 1. The van der Waals surface area contributed by atoms with Crippen molar-refractivity contribution in [3.05, 3.63) is 75.5 Å². The standard InChI is InChI=1S/C29H29ClFN7O3/c1-16-7-9-17(10-8-16)14-38-24-23(18-11-19(30)13-32-12-18)33-26(27-36-29(39)41-37-27)34-25(24)35-28(38)21(15-40-2)20-5-3-4-6-22(20)31/h3-6,11-13,16-17,21H,7-10,14-15H2,1-2H3,(H,36,37,39)/t16-,17-,21?. The van der Waals surface area contributed by atoms with Crippen molar-refractivity contribution >= 4 is 22.8 Å². The summed E-state index contributed by atoms with van der Waals surface area (Å²) in [5.41, 5.74) is 2.65. The van der Waals surface area contributed by atoms with Crippen molar-refractivity contribution < 1.29 is 13.7 Å². The van der Waals surface area contributed by atoms with Gasteiger partial charge in [0, 0.05) is 37.2 Å². The molecule has 1 fully saturated rings. The topological polar surface area (TPSA) is 125 Å². The van der Waals surface area contributed by atoms with Crippen molar-refractivity contribution in [1.29, 1.82) is 0 Å². The van der Waals surface area contributed by atoms with E-state index in [1.165, 1.54) is 12.3 Å². The van der Waals surface area contributed by atoms with Gasteiger partial charge in [0.25, 0.3) is 0 Å². The van der Waals surface area contributed by atoms with E-state index in [9.17, 15) is 4.79 Å². The van der Waals surface area contributed by atoms with Crippen LogP contribution in [0.2, 0.25) is 5.02 Å². The number of H-pyrrole nitrogens is 1. The molecular formula is C29H29ClFN7O3. The fourth-order valence-electron chi connectivity index (χ4n) is 5.68. The summed E-state index contributed by atoms with van der Waals surface area (Å²) in [6.07, 6.45) is 7.63. The molecule has 1 aliphatic carbocycles. The number of benzene rings is 1. The van der Waals surface area contributed by atoms with E-state index in [4.69, 9.17) is 30.8 Å². The molecule has 1 N–H and O–H groups in total. The Bertz CT molecular complexity index is 1740. The molecule has 0 bridgehead atoms. The summed E-state index contributed by atoms with van der Waals surface area (Å²) in [6, 6.07) is 8.42. The molecule has 0 amide bonds. The van der Waals surface area contributed by atoms with Crippen molar-refractivity contribution in [2.45, 2.75) is 45.1 Å². The van der Waals surface area contributed by atoms with E-state index in [2.05, 4.69) is 31.6 Å². The highest BCUT2D eigenvalue weighted by Crippen LogP contribution is 2.37. The maximum absolute atomic E-state index is 15.2. The maximum Gasteiger partial charge on any atom is 0.439 e. The van der Waals surface area contributed by atoms with Crippen LogP contribution in [0.4, 0.5) is 4.39 Å². The molecular weight excluding hydrogens is 549 g/mol. The Kier molecular flexibility index (Phi) is 7.63. The van der Waals surface area contributed by atoms with Crippen LogP contribution in [0.15, 0.2) is 52.0 Å². The molecule has 1 saturated carbocycles. The van der Waals surface area contributed by atoms with Gasteiger partial charge in [0.1, 0.15) is 22.9 Å². The van der Waals surface area contributed by atoms with E-state index in [-0.39, 0.29) is 24.1 Å². The quantitative estimate of drug-likeness (QED) is 0.252. The maximum atomic E-state index is 15.2. The van der Waals surface area contributed by atoms with E-state index >= 15 is 4.39 Å². The van der Waals surface area contributed by atoms with Crippen LogP contribution in [0.5, 0.6) is 0 Å². The molecule has 0 spiro atoms. The Morgan fingerprint density at radius 3 is 2.68 bits per heavy atom. The Hall–Kier alpha value is -3.96. The average Bonchev–Trinajstić information content (AvgIpc) is 3.56. The van der Waals surface area contributed by atoms with Crippen LogP contribution in [0.25, 0.3) is 34.1 Å². The van der Waals surface area contributed by atoms with Gasteiger partial charge >= 0.3 is 5.76 Å². The molecule has 212 valence electrons. The number of pyridine rings is 1. The zero-order chi connectivity index (χ0) is 28.5. The van der Waals surface area contributed by atoms with Crippen LogP contribution in [0.3, 0.4) is 0 Å². The number of halogens is 2. The fraction of sp³-hybridized carbons (Fsp3) is 0.379. The first-order valence-corrected chi connectivity index (χ1v) is 14.0. The van der Waals surface area contributed by atoms with Crippen LogP contribution < -0.4 is 5.76 Å². The molecule has 1 aromatic carbocycles. The Labute approximate surface area is 240 Å². The minimum absolute atomic E-state index is 0.0630. The minimum Gasteiger partial charge on any atom is -0.384 e. The van der Waals surface area contributed by atoms with E-state index in [0.717, 1.165) is 25.7 Å². The highest BCUT2D eigenvalue weighted by atomic mass is 35.5. The third kappa shape index (κ3) is 5.51. The number of methoxy groups -OCH3 is 1. The van der Waals surface area contributed by atoms with Gasteiger partial charge < -0.3 is 9.30 Å². The third-order valence-electron chi connectivity index (χ3n) is 7.76. The molecule has 1 atom stereocenters. The number of aromatic amines is 1. The minimum atomic E-state index is -0.730. The summed E-state index contributed by atoms with van der Waals surface area (Å²) >= 11 is 6.35. The van der Waals surface area contributed by atoms with Crippen molar-refractivity contribution in [1.82, 2.24) is 34.6 Å². The number of aromatic nitrogens is 7. The van der Waals surface area contributed by atoms with Crippen LogP contribution in [0, 0.1) is 17.7 Å². The van der Waals surface area contributed by atoms with Gasteiger partial charge in [-0.15, -0.1) is 0 Å². The molecule has 0 saturated heterocycles. The predicted octanol–water partition coefficient (Wildman–Crippen LogP) is 5.63. The van der Waals surface area contributed by atoms with Gasteiger partial charge in [-0.1, -0.05) is 54.7 Å². The first-order valence-electron chi connectivity index (χ1n) is 13.6. The number of ether oxygens (including phenoxy) is 1. The number of hydrogen-bond donors (Lipinski definition) is 1. The summed E-state index contributed by atoms with van der Waals surface area (Å²) in [4.78, 5) is 33.0. The lowest BCUT2D eigenvalue weighted by atomic mass is 9.83. The second-order valence-electron chi connectivity index (χ2n) is 10.6. The first-order chi connectivity index (χ1) is 19.9. The fourth-order valence-corrected chi connectivity index (χ4v) is 5.85. The molecule has 12 heteroatoms. The van der Waals surface area contributed by atoms with Crippen LogP contribution in [0.1, 0.15) is 49.9 Å². The number of imidazole rings is 1. The molecule has 41 heavy (non-hydrogen) atoms. The molecule has 10 nitrogen and oxygen atoms in total. The Balaban J connectivity index is 1.63. The highest BCUT2D eigenvalue weighted by molar-refractivity contribution is 6.30. The molecule has 1 unspecified atom stereocenters. The number of rotatable bonds is 8. The monoisotopic (exact) mass is 577 g/mol. The molecule has 4 heterocycles. The molecule has 0 radical (unpaired) electrons. The number of fused-ring (bicyclic) bond motifs is 1. The van der Waals surface area contributed by atoms with Crippen molar-refractivity contribution in [2.24, 2.45) is 11.8 Å².